The zero-order chi connectivity index (χ0) is 16.8. The van der Waals surface area contributed by atoms with Crippen LogP contribution in [0.25, 0.3) is 0 Å². The number of benzene rings is 3. The third-order valence-electron chi connectivity index (χ3n) is 3.51. The van der Waals surface area contributed by atoms with E-state index >= 15 is 0 Å². The third-order valence-corrected chi connectivity index (χ3v) is 5.95. The number of carbonyl (C=O) groups is 1. The van der Waals surface area contributed by atoms with Crippen LogP contribution in [0.1, 0.15) is 0 Å². The van der Waals surface area contributed by atoms with Gasteiger partial charge in [-0.2, -0.15) is 0 Å². The second kappa shape index (κ2) is 7.72. The molecule has 0 aromatic heterocycles. The minimum atomic E-state index is -0.643. The molecule has 0 spiro atoms. The molecule has 3 aromatic rings. The molecule has 0 saturated carbocycles. The Hall–Kier alpha value is -2.70. The number of hydrogen-bond donors (Lipinski definition) is 0. The molecule has 0 aliphatic heterocycles. The molecule has 0 bridgehead atoms. The SMILES string of the molecule is C=CC(=O)Oc1ccc(P(c2ccccc2)c2ccccc2)cc1. The van der Waals surface area contributed by atoms with Crippen LogP contribution in [0, 0.1) is 0 Å². The van der Waals surface area contributed by atoms with Crippen LogP contribution in [0.5, 0.6) is 5.75 Å². The lowest BCUT2D eigenvalue weighted by Gasteiger charge is -2.19. The molecule has 3 aromatic carbocycles. The van der Waals surface area contributed by atoms with E-state index in [1.807, 2.05) is 36.4 Å². The van der Waals surface area contributed by atoms with E-state index in [9.17, 15) is 4.79 Å². The van der Waals surface area contributed by atoms with E-state index in [4.69, 9.17) is 4.74 Å². The topological polar surface area (TPSA) is 26.3 Å². The molecule has 0 aliphatic rings. The van der Waals surface area contributed by atoms with Gasteiger partial charge >= 0.3 is 5.97 Å². The summed E-state index contributed by atoms with van der Waals surface area (Å²) in [7, 11) is -0.643. The summed E-state index contributed by atoms with van der Waals surface area (Å²) in [5.41, 5.74) is 0. The van der Waals surface area contributed by atoms with Gasteiger partial charge in [-0.25, -0.2) is 4.79 Å². The summed E-state index contributed by atoms with van der Waals surface area (Å²) in [5, 5.41) is 3.78. The van der Waals surface area contributed by atoms with Crippen LogP contribution in [0.4, 0.5) is 0 Å². The second-order valence-corrected chi connectivity index (χ2v) is 7.35. The number of hydrogen-bond acceptors (Lipinski definition) is 2. The Labute approximate surface area is 143 Å². The van der Waals surface area contributed by atoms with E-state index in [2.05, 4.69) is 55.1 Å². The van der Waals surface area contributed by atoms with E-state index in [0.29, 0.717) is 5.75 Å². The van der Waals surface area contributed by atoms with Gasteiger partial charge in [-0.15, -0.1) is 0 Å². The van der Waals surface area contributed by atoms with Crippen LogP contribution < -0.4 is 20.7 Å². The first-order valence-electron chi connectivity index (χ1n) is 7.62. The molecule has 0 N–H and O–H groups in total. The molecule has 3 rings (SSSR count). The Morgan fingerprint density at radius 2 is 1.21 bits per heavy atom. The number of rotatable bonds is 5. The van der Waals surface area contributed by atoms with Crippen LogP contribution in [-0.2, 0) is 4.79 Å². The Balaban J connectivity index is 1.97. The van der Waals surface area contributed by atoms with Crippen molar-refractivity contribution in [1.29, 1.82) is 0 Å². The summed E-state index contributed by atoms with van der Waals surface area (Å²) in [6, 6.07) is 28.6. The molecule has 0 saturated heterocycles. The van der Waals surface area contributed by atoms with Gasteiger partial charge in [0.15, 0.2) is 0 Å². The van der Waals surface area contributed by atoms with Crippen LogP contribution >= 0.6 is 7.92 Å². The Morgan fingerprint density at radius 3 is 1.67 bits per heavy atom. The van der Waals surface area contributed by atoms with E-state index in [1.54, 1.807) is 0 Å². The highest BCUT2D eigenvalue weighted by Gasteiger charge is 2.16. The molecule has 3 heteroatoms. The molecule has 2 nitrogen and oxygen atoms in total. The second-order valence-electron chi connectivity index (χ2n) is 5.13. The fourth-order valence-electron chi connectivity index (χ4n) is 2.42. The summed E-state index contributed by atoms with van der Waals surface area (Å²) in [6.07, 6.45) is 1.16. The standard InChI is InChI=1S/C21H17O2P/c1-2-21(22)23-17-13-15-20(16-14-17)24(18-9-5-3-6-10-18)19-11-7-4-8-12-19/h2-16H,1H2. The smallest absolute Gasteiger partial charge is 0.335 e. The van der Waals surface area contributed by atoms with Crippen molar-refractivity contribution in [3.8, 4) is 5.75 Å². The molecular weight excluding hydrogens is 315 g/mol. The van der Waals surface area contributed by atoms with E-state index in [-0.39, 0.29) is 0 Å². The lowest BCUT2D eigenvalue weighted by atomic mass is 10.3. The van der Waals surface area contributed by atoms with E-state index in [1.165, 1.54) is 15.9 Å². The summed E-state index contributed by atoms with van der Waals surface area (Å²) >= 11 is 0. The monoisotopic (exact) mass is 332 g/mol. The zero-order valence-electron chi connectivity index (χ0n) is 13.1. The fraction of sp³-hybridized carbons (Fsp3) is 0. The molecule has 0 fully saturated rings. The van der Waals surface area contributed by atoms with Crippen molar-refractivity contribution in [1.82, 2.24) is 0 Å². The maximum atomic E-state index is 11.3. The zero-order valence-corrected chi connectivity index (χ0v) is 14.0. The van der Waals surface area contributed by atoms with Gasteiger partial charge in [0.25, 0.3) is 0 Å². The minimum absolute atomic E-state index is 0.448. The largest absolute Gasteiger partial charge is 0.423 e. The van der Waals surface area contributed by atoms with Crippen molar-refractivity contribution in [2.24, 2.45) is 0 Å². The average molecular weight is 332 g/mol. The number of carbonyl (C=O) groups excluding carboxylic acids is 1. The number of esters is 1. The molecule has 0 aliphatic carbocycles. The lowest BCUT2D eigenvalue weighted by molar-refractivity contribution is -0.128. The molecule has 0 unspecified atom stereocenters. The van der Waals surface area contributed by atoms with Gasteiger partial charge in [0.2, 0.25) is 0 Å². The summed E-state index contributed by atoms with van der Waals surface area (Å²) in [4.78, 5) is 11.3. The maximum Gasteiger partial charge on any atom is 0.335 e. The maximum absolute atomic E-state index is 11.3. The van der Waals surface area contributed by atoms with Gasteiger partial charge in [0.1, 0.15) is 5.75 Å². The predicted molar refractivity (Wildman–Crippen MR) is 101 cm³/mol. The highest BCUT2D eigenvalue weighted by atomic mass is 31.1. The third kappa shape index (κ3) is 3.79. The van der Waals surface area contributed by atoms with Crippen LogP contribution in [0.2, 0.25) is 0 Å². The Kier molecular flexibility index (Phi) is 5.20. The summed E-state index contributed by atoms with van der Waals surface area (Å²) in [5.74, 6) is 0.0795. The van der Waals surface area contributed by atoms with Crippen LogP contribution in [-0.4, -0.2) is 5.97 Å². The average Bonchev–Trinajstić information content (AvgIpc) is 2.65. The molecular formula is C21H17O2P. The first kappa shape index (κ1) is 16.2. The molecule has 118 valence electrons. The van der Waals surface area contributed by atoms with Crippen LogP contribution in [0.3, 0.4) is 0 Å². The van der Waals surface area contributed by atoms with Crippen molar-refractivity contribution in [2.45, 2.75) is 0 Å². The van der Waals surface area contributed by atoms with Crippen molar-refractivity contribution >= 4 is 29.8 Å². The number of ether oxygens (including phenoxy) is 1. The molecule has 0 heterocycles. The fourth-order valence-corrected chi connectivity index (χ4v) is 4.70. The lowest BCUT2D eigenvalue weighted by Crippen LogP contribution is -2.20. The normalized spacial score (nSPS) is 10.4. The quantitative estimate of drug-likeness (QED) is 0.309. The molecule has 0 amide bonds. The van der Waals surface area contributed by atoms with Crippen molar-refractivity contribution in [3.63, 3.8) is 0 Å². The Bertz CT molecular complexity index is 772. The van der Waals surface area contributed by atoms with Gasteiger partial charge in [-0.05, 0) is 36.0 Å². The molecule has 24 heavy (non-hydrogen) atoms. The van der Waals surface area contributed by atoms with Gasteiger partial charge in [0, 0.05) is 6.08 Å². The van der Waals surface area contributed by atoms with Gasteiger partial charge in [-0.1, -0.05) is 79.4 Å². The minimum Gasteiger partial charge on any atom is -0.423 e. The van der Waals surface area contributed by atoms with Crippen LogP contribution in [0.15, 0.2) is 97.6 Å². The van der Waals surface area contributed by atoms with E-state index in [0.717, 1.165) is 6.08 Å². The highest BCUT2D eigenvalue weighted by Crippen LogP contribution is 2.33. The van der Waals surface area contributed by atoms with Gasteiger partial charge < -0.3 is 4.74 Å². The van der Waals surface area contributed by atoms with Gasteiger partial charge in [-0.3, -0.25) is 0 Å². The van der Waals surface area contributed by atoms with Crippen molar-refractivity contribution in [2.75, 3.05) is 0 Å². The van der Waals surface area contributed by atoms with Gasteiger partial charge in [0.05, 0.1) is 0 Å². The molecule has 0 radical (unpaired) electrons. The highest BCUT2D eigenvalue weighted by molar-refractivity contribution is 7.79. The summed E-state index contributed by atoms with van der Waals surface area (Å²) in [6.45, 7) is 3.41. The predicted octanol–water partition coefficient (Wildman–Crippen LogP) is 3.54. The summed E-state index contributed by atoms with van der Waals surface area (Å²) < 4.78 is 5.16. The Morgan fingerprint density at radius 1 is 0.750 bits per heavy atom. The first-order valence-corrected chi connectivity index (χ1v) is 8.96. The first-order chi connectivity index (χ1) is 11.8. The van der Waals surface area contributed by atoms with Crippen molar-refractivity contribution < 1.29 is 9.53 Å². The molecule has 0 atom stereocenters. The van der Waals surface area contributed by atoms with E-state index < -0.39 is 13.9 Å². The van der Waals surface area contributed by atoms with Crippen molar-refractivity contribution in [3.05, 3.63) is 97.6 Å².